The smallest absolute Gasteiger partial charge is 0.407 e. The summed E-state index contributed by atoms with van der Waals surface area (Å²) in [5.41, 5.74) is -0.788. The minimum atomic E-state index is -0.792. The molecule has 1 aromatic carbocycles. The summed E-state index contributed by atoms with van der Waals surface area (Å²) < 4.78 is 5.34. The molecule has 0 spiro atoms. The van der Waals surface area contributed by atoms with E-state index in [9.17, 15) is 9.90 Å². The molecular weight excluding hydrogens is 361 g/mol. The fraction of sp³-hybridized carbons (Fsp3) is 0.632. The normalized spacial score (nSPS) is 27.0. The van der Waals surface area contributed by atoms with Crippen molar-refractivity contribution in [3.05, 3.63) is 33.8 Å². The monoisotopic (exact) mass is 387 g/mol. The van der Waals surface area contributed by atoms with Crippen molar-refractivity contribution in [2.75, 3.05) is 6.54 Å². The number of aliphatic hydroxyl groups is 1. The first-order valence-electron chi connectivity index (χ1n) is 8.57. The minimum absolute atomic E-state index is 0.371. The Morgan fingerprint density at radius 1 is 1.28 bits per heavy atom. The zero-order chi connectivity index (χ0) is 18.9. The van der Waals surface area contributed by atoms with Gasteiger partial charge in [0, 0.05) is 12.0 Å². The molecule has 2 rings (SSSR count). The average molecular weight is 388 g/mol. The molecule has 25 heavy (non-hydrogen) atoms. The molecule has 140 valence electrons. The Morgan fingerprint density at radius 2 is 1.96 bits per heavy atom. The van der Waals surface area contributed by atoms with Crippen LogP contribution >= 0.6 is 23.2 Å². The Kier molecular flexibility index (Phi) is 5.97. The average Bonchev–Trinajstić information content (AvgIpc) is 2.45. The number of halogens is 2. The summed E-state index contributed by atoms with van der Waals surface area (Å²) in [5.74, 6) is 0. The topological polar surface area (TPSA) is 58.6 Å². The first kappa shape index (κ1) is 20.3. The van der Waals surface area contributed by atoms with Crippen LogP contribution in [0.15, 0.2) is 18.2 Å². The van der Waals surface area contributed by atoms with Gasteiger partial charge < -0.3 is 15.2 Å². The molecule has 1 amide bonds. The number of benzene rings is 1. The summed E-state index contributed by atoms with van der Waals surface area (Å²) in [6.45, 7) is 7.69. The van der Waals surface area contributed by atoms with Gasteiger partial charge in [0.25, 0.3) is 0 Å². The van der Waals surface area contributed by atoms with Gasteiger partial charge in [-0.15, -0.1) is 0 Å². The molecule has 1 aliphatic carbocycles. The summed E-state index contributed by atoms with van der Waals surface area (Å²) in [7, 11) is 0. The third-order valence-electron chi connectivity index (χ3n) is 4.59. The number of alkyl carbamates (subject to hydrolysis) is 1. The molecule has 0 aliphatic heterocycles. The first-order valence-corrected chi connectivity index (χ1v) is 9.33. The molecule has 6 heteroatoms. The fourth-order valence-corrected chi connectivity index (χ4v) is 3.89. The van der Waals surface area contributed by atoms with E-state index < -0.39 is 22.7 Å². The Labute approximate surface area is 159 Å². The van der Waals surface area contributed by atoms with E-state index >= 15 is 0 Å². The van der Waals surface area contributed by atoms with Gasteiger partial charge in [-0.25, -0.2) is 4.79 Å². The van der Waals surface area contributed by atoms with Gasteiger partial charge in [-0.1, -0.05) is 29.3 Å². The van der Waals surface area contributed by atoms with Gasteiger partial charge in [0.1, 0.15) is 5.60 Å². The van der Waals surface area contributed by atoms with E-state index in [1.165, 1.54) is 0 Å². The van der Waals surface area contributed by atoms with Crippen molar-refractivity contribution in [2.45, 2.75) is 70.0 Å². The number of ether oxygens (including phenoxy) is 1. The largest absolute Gasteiger partial charge is 0.444 e. The Bertz CT molecular complexity index is 640. The number of nitrogens with one attached hydrogen (secondary N) is 1. The molecule has 1 aromatic rings. The Balaban J connectivity index is 2.27. The summed E-state index contributed by atoms with van der Waals surface area (Å²) in [5, 5.41) is 14.5. The van der Waals surface area contributed by atoms with Crippen LogP contribution in [-0.4, -0.2) is 28.9 Å². The molecule has 2 atom stereocenters. The van der Waals surface area contributed by atoms with E-state index in [4.69, 9.17) is 27.9 Å². The van der Waals surface area contributed by atoms with Gasteiger partial charge in [0.05, 0.1) is 15.6 Å². The van der Waals surface area contributed by atoms with Gasteiger partial charge in [-0.2, -0.15) is 0 Å². The number of carbonyl (C=O) groups excluding carboxylic acids is 1. The van der Waals surface area contributed by atoms with Crippen molar-refractivity contribution in [1.29, 1.82) is 0 Å². The molecule has 0 heterocycles. The third kappa shape index (κ3) is 5.50. The maximum atomic E-state index is 12.1. The van der Waals surface area contributed by atoms with E-state index in [0.717, 1.165) is 24.8 Å². The van der Waals surface area contributed by atoms with E-state index in [1.54, 1.807) is 6.07 Å². The van der Waals surface area contributed by atoms with Crippen LogP contribution in [0, 0.1) is 0 Å². The summed E-state index contributed by atoms with van der Waals surface area (Å²) in [6, 6.07) is 5.52. The molecule has 4 nitrogen and oxygen atoms in total. The molecule has 0 aromatic heterocycles. The Hall–Kier alpha value is -0.970. The fourth-order valence-electron chi connectivity index (χ4n) is 3.59. The van der Waals surface area contributed by atoms with Gasteiger partial charge in [0.15, 0.2) is 0 Å². The highest BCUT2D eigenvalue weighted by molar-refractivity contribution is 6.42. The summed E-state index contributed by atoms with van der Waals surface area (Å²) >= 11 is 12.3. The minimum Gasteiger partial charge on any atom is -0.444 e. The number of hydrogen-bond acceptors (Lipinski definition) is 3. The molecule has 0 radical (unpaired) electrons. The molecule has 0 saturated heterocycles. The highest BCUT2D eigenvalue weighted by Crippen LogP contribution is 2.44. The predicted octanol–water partition coefficient (Wildman–Crippen LogP) is 5.08. The molecule has 0 bridgehead atoms. The zero-order valence-electron chi connectivity index (χ0n) is 15.3. The van der Waals surface area contributed by atoms with Crippen LogP contribution in [0.4, 0.5) is 4.79 Å². The van der Waals surface area contributed by atoms with Crippen molar-refractivity contribution in [1.82, 2.24) is 5.32 Å². The number of hydrogen-bond donors (Lipinski definition) is 2. The predicted molar refractivity (Wildman–Crippen MR) is 101 cm³/mol. The summed E-state index contributed by atoms with van der Waals surface area (Å²) in [4.78, 5) is 12.1. The van der Waals surface area contributed by atoms with E-state index in [0.29, 0.717) is 23.0 Å². The van der Waals surface area contributed by atoms with Crippen LogP contribution in [0.5, 0.6) is 0 Å². The molecule has 1 saturated carbocycles. The lowest BCUT2D eigenvalue weighted by atomic mass is 9.64. The van der Waals surface area contributed by atoms with E-state index in [2.05, 4.69) is 5.32 Å². The second-order valence-electron chi connectivity index (χ2n) is 8.29. The van der Waals surface area contributed by atoms with Crippen LogP contribution in [0.2, 0.25) is 10.0 Å². The van der Waals surface area contributed by atoms with E-state index in [-0.39, 0.29) is 0 Å². The molecule has 2 N–H and O–H groups in total. The van der Waals surface area contributed by atoms with Crippen molar-refractivity contribution < 1.29 is 14.6 Å². The van der Waals surface area contributed by atoms with Crippen molar-refractivity contribution >= 4 is 29.3 Å². The lowest BCUT2D eigenvalue weighted by molar-refractivity contribution is -0.0115. The van der Waals surface area contributed by atoms with Gasteiger partial charge in [-0.3, -0.25) is 0 Å². The SMILES string of the molecule is CC(C)(C)OC(=O)NC[C@@]1(c2ccc(Cl)c(Cl)c2)CCC[C@@](C)(O)C1. The molecule has 1 fully saturated rings. The standard InChI is InChI=1S/C19H27Cl2NO3/c1-17(2,3)25-16(23)22-12-19(9-5-8-18(4,24)11-19)13-6-7-14(20)15(21)10-13/h6-7,10,24H,5,8-9,11-12H2,1-4H3,(H,22,23)/t18-,19-/m1/s1. The number of amides is 1. The number of rotatable bonds is 3. The third-order valence-corrected chi connectivity index (χ3v) is 5.33. The van der Waals surface area contributed by atoms with Crippen LogP contribution in [0.25, 0.3) is 0 Å². The van der Waals surface area contributed by atoms with Gasteiger partial charge >= 0.3 is 6.09 Å². The first-order chi connectivity index (χ1) is 11.4. The summed E-state index contributed by atoms with van der Waals surface area (Å²) in [6.07, 6.45) is 2.52. The van der Waals surface area contributed by atoms with Crippen LogP contribution in [0.1, 0.15) is 58.9 Å². The maximum absolute atomic E-state index is 12.1. The van der Waals surface area contributed by atoms with Crippen molar-refractivity contribution in [3.63, 3.8) is 0 Å². The van der Waals surface area contributed by atoms with Gasteiger partial charge in [0.2, 0.25) is 0 Å². The van der Waals surface area contributed by atoms with E-state index in [1.807, 2.05) is 39.8 Å². The van der Waals surface area contributed by atoms with Crippen LogP contribution < -0.4 is 5.32 Å². The highest BCUT2D eigenvalue weighted by Gasteiger charge is 2.43. The lowest BCUT2D eigenvalue weighted by Gasteiger charge is -2.44. The number of carbonyl (C=O) groups is 1. The molecule has 0 unspecified atom stereocenters. The second-order valence-corrected chi connectivity index (χ2v) is 9.11. The molecular formula is C19H27Cl2NO3. The van der Waals surface area contributed by atoms with Crippen molar-refractivity contribution in [3.8, 4) is 0 Å². The van der Waals surface area contributed by atoms with Gasteiger partial charge in [-0.05, 0) is 71.1 Å². The van der Waals surface area contributed by atoms with Crippen LogP contribution in [-0.2, 0) is 10.2 Å². The zero-order valence-corrected chi connectivity index (χ0v) is 16.8. The lowest BCUT2D eigenvalue weighted by Crippen LogP contribution is -2.49. The van der Waals surface area contributed by atoms with Crippen molar-refractivity contribution in [2.24, 2.45) is 0 Å². The molecule has 1 aliphatic rings. The Morgan fingerprint density at radius 3 is 2.52 bits per heavy atom. The maximum Gasteiger partial charge on any atom is 0.407 e. The highest BCUT2D eigenvalue weighted by atomic mass is 35.5. The van der Waals surface area contributed by atoms with Crippen LogP contribution in [0.3, 0.4) is 0 Å². The quantitative estimate of drug-likeness (QED) is 0.759. The second kappa shape index (κ2) is 7.34.